The van der Waals surface area contributed by atoms with E-state index in [1.165, 1.54) is 0 Å². The molecule has 0 saturated carbocycles. The van der Waals surface area contributed by atoms with Crippen molar-refractivity contribution in [2.45, 2.75) is 31.4 Å². The van der Waals surface area contributed by atoms with Crippen molar-refractivity contribution in [2.75, 3.05) is 13.1 Å². The Morgan fingerprint density at radius 3 is 2.82 bits per heavy atom. The van der Waals surface area contributed by atoms with Crippen molar-refractivity contribution in [2.24, 2.45) is 7.05 Å². The highest BCUT2D eigenvalue weighted by Crippen LogP contribution is 2.32. The molecule has 1 amide bonds. The summed E-state index contributed by atoms with van der Waals surface area (Å²) in [6.45, 7) is 0.851. The van der Waals surface area contributed by atoms with Crippen molar-refractivity contribution in [3.8, 4) is 0 Å². The molecule has 0 aliphatic carbocycles. The van der Waals surface area contributed by atoms with E-state index in [2.05, 4.69) is 10.2 Å². The van der Waals surface area contributed by atoms with Crippen molar-refractivity contribution in [3.63, 3.8) is 0 Å². The second-order valence-corrected chi connectivity index (χ2v) is 7.08. The number of piperidine rings is 1. The average molecular weight is 392 g/mol. The molecule has 1 unspecified atom stereocenters. The van der Waals surface area contributed by atoms with Crippen LogP contribution in [0.1, 0.15) is 36.1 Å². The lowest BCUT2D eigenvalue weighted by molar-refractivity contribution is -0.157. The molecule has 0 radical (unpaired) electrons. The summed E-state index contributed by atoms with van der Waals surface area (Å²) in [5.41, 5.74) is 1.98. The third-order valence-corrected chi connectivity index (χ3v) is 5.13. The third kappa shape index (κ3) is 3.48. The number of halogens is 3. The zero-order valence-corrected chi connectivity index (χ0v) is 15.2. The van der Waals surface area contributed by atoms with Crippen LogP contribution in [0.5, 0.6) is 0 Å². The van der Waals surface area contributed by atoms with Crippen molar-refractivity contribution < 1.29 is 22.4 Å². The number of carbonyl (C=O) groups is 1. The number of carbonyl (C=O) groups excluding carboxylic acids is 1. The van der Waals surface area contributed by atoms with Crippen LogP contribution in [-0.4, -0.2) is 38.7 Å². The van der Waals surface area contributed by atoms with Gasteiger partial charge in [0.2, 0.25) is 11.8 Å². The standard InChI is InChI=1S/C19H19F3N4O2/c1-25-10-13(14-6-2-3-7-15(14)25)9-16(27)26-8-4-5-12(11-26)17-23-24-18(28-17)19(20,21)22/h2-3,6-7,10,12H,4-5,8-9,11H2,1H3. The summed E-state index contributed by atoms with van der Waals surface area (Å²) >= 11 is 0. The second kappa shape index (κ2) is 6.96. The van der Waals surface area contributed by atoms with Gasteiger partial charge in [0.15, 0.2) is 0 Å². The van der Waals surface area contributed by atoms with Crippen LogP contribution in [0, 0.1) is 0 Å². The maximum absolute atomic E-state index is 12.8. The minimum Gasteiger partial charge on any atom is -0.417 e. The van der Waals surface area contributed by atoms with Crippen molar-refractivity contribution in [1.82, 2.24) is 19.7 Å². The van der Waals surface area contributed by atoms with E-state index in [1.54, 1.807) is 4.90 Å². The van der Waals surface area contributed by atoms with Crippen LogP contribution in [0.15, 0.2) is 34.9 Å². The molecule has 1 aromatic carbocycles. The first-order valence-corrected chi connectivity index (χ1v) is 9.04. The van der Waals surface area contributed by atoms with Gasteiger partial charge in [0, 0.05) is 37.2 Å². The highest BCUT2D eigenvalue weighted by molar-refractivity contribution is 5.89. The van der Waals surface area contributed by atoms with Gasteiger partial charge in [-0.15, -0.1) is 10.2 Å². The Morgan fingerprint density at radius 1 is 1.29 bits per heavy atom. The summed E-state index contributed by atoms with van der Waals surface area (Å²) < 4.78 is 44.8. The maximum atomic E-state index is 12.8. The highest BCUT2D eigenvalue weighted by atomic mass is 19.4. The summed E-state index contributed by atoms with van der Waals surface area (Å²) in [6, 6.07) is 7.85. The van der Waals surface area contributed by atoms with Gasteiger partial charge in [-0.3, -0.25) is 4.79 Å². The van der Waals surface area contributed by atoms with Crippen LogP contribution in [0.3, 0.4) is 0 Å². The van der Waals surface area contributed by atoms with E-state index in [0.29, 0.717) is 19.4 Å². The van der Waals surface area contributed by atoms with Crippen LogP contribution in [0.4, 0.5) is 13.2 Å². The number of aromatic nitrogens is 3. The Bertz CT molecular complexity index is 1010. The van der Waals surface area contributed by atoms with E-state index < -0.39 is 12.1 Å². The van der Waals surface area contributed by atoms with Gasteiger partial charge >= 0.3 is 12.1 Å². The number of likely N-dealkylation sites (tertiary alicyclic amines) is 1. The predicted octanol–water partition coefficient (Wildman–Crippen LogP) is 3.53. The van der Waals surface area contributed by atoms with Crippen LogP contribution in [0.2, 0.25) is 0 Å². The van der Waals surface area contributed by atoms with Crippen molar-refractivity contribution in [1.29, 1.82) is 0 Å². The Labute approximate surface area is 158 Å². The Morgan fingerprint density at radius 2 is 2.07 bits per heavy atom. The summed E-state index contributed by atoms with van der Waals surface area (Å²) in [5.74, 6) is -1.85. The molecule has 3 heterocycles. The molecule has 1 aliphatic heterocycles. The molecule has 28 heavy (non-hydrogen) atoms. The molecule has 1 aliphatic rings. The van der Waals surface area contributed by atoms with Gasteiger partial charge in [-0.05, 0) is 24.5 Å². The lowest BCUT2D eigenvalue weighted by Crippen LogP contribution is -2.40. The fourth-order valence-electron chi connectivity index (χ4n) is 3.76. The van der Waals surface area contributed by atoms with Gasteiger partial charge in [-0.25, -0.2) is 0 Å². The molecule has 0 bridgehead atoms. The normalized spacial score (nSPS) is 18.0. The minimum absolute atomic E-state index is 0.0587. The summed E-state index contributed by atoms with van der Waals surface area (Å²) in [6.07, 6.45) is -1.19. The lowest BCUT2D eigenvalue weighted by atomic mass is 9.97. The van der Waals surface area contributed by atoms with Crippen molar-refractivity contribution >= 4 is 16.8 Å². The van der Waals surface area contributed by atoms with E-state index in [4.69, 9.17) is 4.42 Å². The number of nitrogens with zero attached hydrogens (tertiary/aromatic N) is 4. The quantitative estimate of drug-likeness (QED) is 0.684. The molecule has 4 rings (SSSR count). The Hall–Kier alpha value is -2.84. The van der Waals surface area contributed by atoms with Gasteiger partial charge in [0.25, 0.3) is 0 Å². The van der Waals surface area contributed by atoms with Gasteiger partial charge < -0.3 is 13.9 Å². The summed E-state index contributed by atoms with van der Waals surface area (Å²) in [7, 11) is 1.93. The van der Waals surface area contributed by atoms with Crippen LogP contribution in [0.25, 0.3) is 10.9 Å². The molecule has 9 heteroatoms. The SMILES string of the molecule is Cn1cc(CC(=O)N2CCCC(c3nnc(C(F)(F)F)o3)C2)c2ccccc21. The number of fused-ring (bicyclic) bond motifs is 1. The first kappa shape index (κ1) is 18.5. The molecule has 1 atom stereocenters. The predicted molar refractivity (Wildman–Crippen MR) is 94.5 cm³/mol. The number of benzene rings is 1. The van der Waals surface area contributed by atoms with E-state index in [0.717, 1.165) is 16.5 Å². The average Bonchev–Trinajstić information content (AvgIpc) is 3.28. The van der Waals surface area contributed by atoms with Crippen LogP contribution >= 0.6 is 0 Å². The molecule has 1 saturated heterocycles. The first-order chi connectivity index (χ1) is 13.3. The van der Waals surface area contributed by atoms with E-state index in [1.807, 2.05) is 42.1 Å². The zero-order valence-electron chi connectivity index (χ0n) is 15.2. The smallest absolute Gasteiger partial charge is 0.417 e. The van der Waals surface area contributed by atoms with Crippen LogP contribution in [-0.2, 0) is 24.4 Å². The second-order valence-electron chi connectivity index (χ2n) is 7.08. The number of hydrogen-bond acceptors (Lipinski definition) is 4. The summed E-state index contributed by atoms with van der Waals surface area (Å²) in [4.78, 5) is 14.5. The third-order valence-electron chi connectivity index (χ3n) is 5.13. The summed E-state index contributed by atoms with van der Waals surface area (Å²) in [5, 5.41) is 7.67. The van der Waals surface area contributed by atoms with Crippen molar-refractivity contribution in [3.05, 3.63) is 47.8 Å². The number of para-hydroxylation sites is 1. The fraction of sp³-hybridized carbons (Fsp3) is 0.421. The molecule has 3 aromatic rings. The van der Waals surface area contributed by atoms with E-state index in [-0.39, 0.29) is 30.7 Å². The van der Waals surface area contributed by atoms with Gasteiger partial charge in [0.05, 0.1) is 12.3 Å². The van der Waals surface area contributed by atoms with Gasteiger partial charge in [-0.2, -0.15) is 13.2 Å². The molecular formula is C19H19F3N4O2. The Balaban J connectivity index is 1.48. The number of alkyl halides is 3. The topological polar surface area (TPSA) is 64.2 Å². The molecule has 0 N–H and O–H groups in total. The van der Waals surface area contributed by atoms with Gasteiger partial charge in [-0.1, -0.05) is 18.2 Å². The van der Waals surface area contributed by atoms with E-state index in [9.17, 15) is 18.0 Å². The number of aryl methyl sites for hydroxylation is 1. The molecule has 6 nitrogen and oxygen atoms in total. The number of amides is 1. The largest absolute Gasteiger partial charge is 0.470 e. The molecule has 1 fully saturated rings. The molecule has 148 valence electrons. The van der Waals surface area contributed by atoms with E-state index >= 15 is 0 Å². The number of hydrogen-bond donors (Lipinski definition) is 0. The molecular weight excluding hydrogens is 373 g/mol. The molecule has 2 aromatic heterocycles. The lowest BCUT2D eigenvalue weighted by Gasteiger charge is -2.31. The number of rotatable bonds is 3. The van der Waals surface area contributed by atoms with Crippen LogP contribution < -0.4 is 0 Å². The zero-order chi connectivity index (χ0) is 19.9. The Kier molecular flexibility index (Phi) is 4.60. The minimum atomic E-state index is -4.66. The fourth-order valence-corrected chi connectivity index (χ4v) is 3.76. The monoisotopic (exact) mass is 392 g/mol. The molecule has 0 spiro atoms. The first-order valence-electron chi connectivity index (χ1n) is 9.04. The van der Waals surface area contributed by atoms with Gasteiger partial charge in [0.1, 0.15) is 0 Å². The maximum Gasteiger partial charge on any atom is 0.470 e. The highest BCUT2D eigenvalue weighted by Gasteiger charge is 2.39.